The molecular formula is C18H31N5O. The molecule has 6 heteroatoms. The van der Waals surface area contributed by atoms with E-state index in [2.05, 4.69) is 21.0 Å². The molecule has 6 nitrogen and oxygen atoms in total. The van der Waals surface area contributed by atoms with Crippen LogP contribution >= 0.6 is 0 Å². The summed E-state index contributed by atoms with van der Waals surface area (Å²) in [5.41, 5.74) is 0.523. The van der Waals surface area contributed by atoms with Crippen LogP contribution in [-0.2, 0) is 0 Å². The van der Waals surface area contributed by atoms with Crippen LogP contribution in [0.5, 0.6) is 0 Å². The van der Waals surface area contributed by atoms with Gasteiger partial charge in [-0.3, -0.25) is 9.48 Å². The van der Waals surface area contributed by atoms with Gasteiger partial charge in [-0.25, -0.2) is 0 Å². The molecule has 134 valence electrons. The fourth-order valence-electron chi connectivity index (χ4n) is 3.75. The number of piperidine rings is 1. The maximum atomic E-state index is 12.2. The van der Waals surface area contributed by atoms with Crippen molar-refractivity contribution in [3.8, 4) is 0 Å². The molecule has 2 heterocycles. The Morgan fingerprint density at radius 3 is 2.75 bits per heavy atom. The molecule has 0 radical (unpaired) electrons. The molecule has 24 heavy (non-hydrogen) atoms. The monoisotopic (exact) mass is 333 g/mol. The largest absolute Gasteiger partial charge is 0.349 e. The summed E-state index contributed by atoms with van der Waals surface area (Å²) in [6, 6.07) is 2.82. The maximum Gasteiger partial charge on any atom is 0.271 e. The van der Waals surface area contributed by atoms with Gasteiger partial charge in [0, 0.05) is 31.9 Å². The first kappa shape index (κ1) is 17.4. The number of aromatic nitrogens is 2. The second kappa shape index (κ2) is 9.18. The minimum atomic E-state index is -0.0693. The van der Waals surface area contributed by atoms with E-state index < -0.39 is 0 Å². The van der Waals surface area contributed by atoms with Gasteiger partial charge in [0.1, 0.15) is 5.69 Å². The van der Waals surface area contributed by atoms with Crippen LogP contribution in [0.25, 0.3) is 0 Å². The topological polar surface area (TPSA) is 71.0 Å². The summed E-state index contributed by atoms with van der Waals surface area (Å²) in [6.07, 6.45) is 12.2. The summed E-state index contributed by atoms with van der Waals surface area (Å²) in [7, 11) is 0. The molecule has 3 N–H and O–H groups in total. The highest BCUT2D eigenvalue weighted by atomic mass is 16.1. The lowest BCUT2D eigenvalue weighted by Crippen LogP contribution is -2.37. The van der Waals surface area contributed by atoms with E-state index >= 15 is 0 Å². The zero-order valence-electron chi connectivity index (χ0n) is 14.6. The second-order valence-corrected chi connectivity index (χ2v) is 7.08. The molecule has 1 atom stereocenters. The van der Waals surface area contributed by atoms with Crippen molar-refractivity contribution in [2.45, 2.75) is 63.5 Å². The minimum absolute atomic E-state index is 0.0693. The lowest BCUT2D eigenvalue weighted by Gasteiger charge is -2.22. The highest BCUT2D eigenvalue weighted by molar-refractivity contribution is 5.92. The van der Waals surface area contributed by atoms with Gasteiger partial charge in [-0.05, 0) is 38.3 Å². The summed E-state index contributed by atoms with van der Waals surface area (Å²) in [5, 5.41) is 14.4. The first-order valence-electron chi connectivity index (χ1n) is 9.60. The van der Waals surface area contributed by atoms with Crippen LogP contribution in [0.2, 0.25) is 0 Å². The molecule has 1 saturated heterocycles. The Kier molecular flexibility index (Phi) is 6.66. The van der Waals surface area contributed by atoms with E-state index in [1.807, 2.05) is 16.9 Å². The smallest absolute Gasteiger partial charge is 0.271 e. The predicted octanol–water partition coefficient (Wildman–Crippen LogP) is 1.85. The van der Waals surface area contributed by atoms with Gasteiger partial charge in [-0.1, -0.05) is 25.7 Å². The molecule has 0 spiro atoms. The number of hydrogen-bond donors (Lipinski definition) is 3. The third-order valence-corrected chi connectivity index (χ3v) is 5.18. The van der Waals surface area contributed by atoms with Crippen LogP contribution in [0.15, 0.2) is 12.3 Å². The third-order valence-electron chi connectivity index (χ3n) is 5.18. The Morgan fingerprint density at radius 2 is 2.00 bits per heavy atom. The van der Waals surface area contributed by atoms with Crippen molar-refractivity contribution >= 4 is 5.91 Å². The van der Waals surface area contributed by atoms with Gasteiger partial charge >= 0.3 is 0 Å². The van der Waals surface area contributed by atoms with Gasteiger partial charge in [-0.2, -0.15) is 5.10 Å². The number of hydrogen-bond acceptors (Lipinski definition) is 4. The van der Waals surface area contributed by atoms with E-state index in [1.54, 1.807) is 0 Å². The number of nitrogens with zero attached hydrogens (tertiary/aromatic N) is 2. The summed E-state index contributed by atoms with van der Waals surface area (Å²) in [4.78, 5) is 12.2. The highest BCUT2D eigenvalue weighted by Gasteiger charge is 2.17. The zero-order chi connectivity index (χ0) is 16.6. The molecule has 0 bridgehead atoms. The molecule has 1 aliphatic carbocycles. The number of carbonyl (C=O) groups excluding carboxylic acids is 1. The summed E-state index contributed by atoms with van der Waals surface area (Å²) in [6.45, 7) is 3.52. The van der Waals surface area contributed by atoms with Crippen molar-refractivity contribution in [2.75, 3.05) is 26.2 Å². The molecule has 1 saturated carbocycles. The van der Waals surface area contributed by atoms with Gasteiger partial charge in [0.15, 0.2) is 0 Å². The van der Waals surface area contributed by atoms with Crippen molar-refractivity contribution in [2.24, 2.45) is 0 Å². The van der Waals surface area contributed by atoms with Crippen molar-refractivity contribution in [1.29, 1.82) is 0 Å². The van der Waals surface area contributed by atoms with Gasteiger partial charge in [0.2, 0.25) is 0 Å². The van der Waals surface area contributed by atoms with Crippen molar-refractivity contribution in [1.82, 2.24) is 25.7 Å². The number of amides is 1. The van der Waals surface area contributed by atoms with Crippen LogP contribution in [-0.4, -0.2) is 47.9 Å². The Balaban J connectivity index is 1.38. The van der Waals surface area contributed by atoms with E-state index in [9.17, 15) is 4.79 Å². The van der Waals surface area contributed by atoms with Crippen LogP contribution in [0.3, 0.4) is 0 Å². The van der Waals surface area contributed by atoms with Gasteiger partial charge in [-0.15, -0.1) is 0 Å². The summed E-state index contributed by atoms with van der Waals surface area (Å²) in [5.74, 6) is -0.0693. The molecule has 1 aliphatic heterocycles. The summed E-state index contributed by atoms with van der Waals surface area (Å²) >= 11 is 0. The van der Waals surface area contributed by atoms with E-state index in [-0.39, 0.29) is 5.91 Å². The van der Waals surface area contributed by atoms with E-state index in [0.29, 0.717) is 24.3 Å². The van der Waals surface area contributed by atoms with Crippen molar-refractivity contribution in [3.63, 3.8) is 0 Å². The van der Waals surface area contributed by atoms with Gasteiger partial charge in [0.25, 0.3) is 5.91 Å². The molecule has 2 fully saturated rings. The first-order valence-corrected chi connectivity index (χ1v) is 9.60. The lowest BCUT2D eigenvalue weighted by atomic mass is 10.1. The first-order chi connectivity index (χ1) is 11.8. The Bertz CT molecular complexity index is 501. The normalized spacial score (nSPS) is 22.9. The van der Waals surface area contributed by atoms with Gasteiger partial charge in [0.05, 0.1) is 6.04 Å². The van der Waals surface area contributed by atoms with Crippen molar-refractivity contribution in [3.05, 3.63) is 18.0 Å². The van der Waals surface area contributed by atoms with Gasteiger partial charge < -0.3 is 16.0 Å². The maximum absolute atomic E-state index is 12.2. The summed E-state index contributed by atoms with van der Waals surface area (Å²) < 4.78 is 1.94. The van der Waals surface area contributed by atoms with E-state index in [0.717, 1.165) is 26.1 Å². The molecule has 1 aromatic heterocycles. The van der Waals surface area contributed by atoms with Crippen molar-refractivity contribution < 1.29 is 4.79 Å². The molecular weight excluding hydrogens is 302 g/mol. The van der Waals surface area contributed by atoms with Crippen LogP contribution in [0, 0.1) is 0 Å². The van der Waals surface area contributed by atoms with Crippen LogP contribution in [0.4, 0.5) is 0 Å². The molecule has 1 amide bonds. The van der Waals surface area contributed by atoms with Crippen LogP contribution in [0.1, 0.15) is 67.9 Å². The molecule has 3 rings (SSSR count). The standard InChI is InChI=1S/C18H31N5O/c24-18(21-12-11-20-15-6-3-1-2-4-7-15)17-9-13-23(22-17)16-8-5-10-19-14-16/h9,13,15-16,19-20H,1-8,10-12,14H2,(H,21,24). The Morgan fingerprint density at radius 1 is 1.17 bits per heavy atom. The second-order valence-electron chi connectivity index (χ2n) is 7.08. The Hall–Kier alpha value is -1.40. The fraction of sp³-hybridized carbons (Fsp3) is 0.778. The third kappa shape index (κ3) is 5.05. The lowest BCUT2D eigenvalue weighted by molar-refractivity contribution is 0.0947. The average molecular weight is 333 g/mol. The minimum Gasteiger partial charge on any atom is -0.349 e. The quantitative estimate of drug-likeness (QED) is 0.549. The predicted molar refractivity (Wildman–Crippen MR) is 95.2 cm³/mol. The number of rotatable bonds is 6. The van der Waals surface area contributed by atoms with Crippen LogP contribution < -0.4 is 16.0 Å². The Labute approximate surface area is 144 Å². The average Bonchev–Trinajstić information content (AvgIpc) is 2.97. The molecule has 0 aromatic carbocycles. The molecule has 1 aromatic rings. The SMILES string of the molecule is O=C(NCCNC1CCCCCC1)c1ccn(C2CCCNC2)n1. The number of carbonyl (C=O) groups is 1. The molecule has 2 aliphatic rings. The van der Waals surface area contributed by atoms with E-state index in [1.165, 1.54) is 44.9 Å². The molecule has 1 unspecified atom stereocenters. The zero-order valence-corrected chi connectivity index (χ0v) is 14.6. The fourth-order valence-corrected chi connectivity index (χ4v) is 3.75. The van der Waals surface area contributed by atoms with E-state index in [4.69, 9.17) is 0 Å². The highest BCUT2D eigenvalue weighted by Crippen LogP contribution is 2.17. The number of nitrogens with one attached hydrogen (secondary N) is 3.